The zero-order valence-corrected chi connectivity index (χ0v) is 12.4. The first-order valence-electron chi connectivity index (χ1n) is 6.13. The second-order valence-electron chi connectivity index (χ2n) is 5.04. The third-order valence-electron chi connectivity index (χ3n) is 2.17. The van der Waals surface area contributed by atoms with E-state index in [1.807, 2.05) is 19.1 Å². The molecule has 4 nitrogen and oxygen atoms in total. The SMILES string of the molecule is CCC(=NNC(=O)OC(C)(C)C)c1cccc(Cl)c1. The number of halogens is 1. The minimum atomic E-state index is -0.569. The second kappa shape index (κ2) is 6.57. The lowest BCUT2D eigenvalue weighted by Crippen LogP contribution is -2.30. The van der Waals surface area contributed by atoms with Crippen molar-refractivity contribution in [2.24, 2.45) is 5.10 Å². The maximum atomic E-state index is 11.5. The molecule has 0 aliphatic heterocycles. The van der Waals surface area contributed by atoms with Crippen molar-refractivity contribution < 1.29 is 9.53 Å². The number of carbonyl (C=O) groups is 1. The summed E-state index contributed by atoms with van der Waals surface area (Å²) in [6.07, 6.45) is 0.108. The van der Waals surface area contributed by atoms with Gasteiger partial charge in [-0.15, -0.1) is 0 Å². The molecule has 1 aromatic carbocycles. The Morgan fingerprint density at radius 2 is 2.11 bits per heavy atom. The van der Waals surface area contributed by atoms with Crippen LogP contribution in [0.3, 0.4) is 0 Å². The largest absolute Gasteiger partial charge is 0.443 e. The van der Waals surface area contributed by atoms with Gasteiger partial charge in [0.15, 0.2) is 0 Å². The lowest BCUT2D eigenvalue weighted by atomic mass is 10.1. The number of ether oxygens (including phenoxy) is 1. The molecule has 0 saturated carbocycles. The van der Waals surface area contributed by atoms with Crippen LogP contribution < -0.4 is 5.43 Å². The lowest BCUT2D eigenvalue weighted by molar-refractivity contribution is 0.0529. The molecule has 1 rings (SSSR count). The molecular weight excluding hydrogens is 264 g/mol. The van der Waals surface area contributed by atoms with Crippen LogP contribution in [0.4, 0.5) is 4.79 Å². The Kier molecular flexibility index (Phi) is 5.36. The number of rotatable bonds is 3. The Balaban J connectivity index is 2.75. The van der Waals surface area contributed by atoms with Crippen molar-refractivity contribution in [3.8, 4) is 0 Å². The number of hydrogen-bond acceptors (Lipinski definition) is 3. The van der Waals surface area contributed by atoms with Gasteiger partial charge in [0.05, 0.1) is 5.71 Å². The van der Waals surface area contributed by atoms with Crippen LogP contribution in [-0.4, -0.2) is 17.4 Å². The maximum absolute atomic E-state index is 11.5. The fraction of sp³-hybridized carbons (Fsp3) is 0.429. The van der Waals surface area contributed by atoms with Crippen LogP contribution >= 0.6 is 11.6 Å². The average Bonchev–Trinajstić information content (AvgIpc) is 2.27. The molecule has 0 fully saturated rings. The number of hydrogen-bond donors (Lipinski definition) is 1. The Hall–Kier alpha value is -1.55. The van der Waals surface area contributed by atoms with Gasteiger partial charge in [0.25, 0.3) is 0 Å². The number of nitrogens with zero attached hydrogens (tertiary/aromatic N) is 1. The van der Waals surface area contributed by atoms with Crippen molar-refractivity contribution in [3.63, 3.8) is 0 Å². The predicted molar refractivity (Wildman–Crippen MR) is 77.6 cm³/mol. The van der Waals surface area contributed by atoms with Crippen LogP contribution in [0.5, 0.6) is 0 Å². The van der Waals surface area contributed by atoms with Crippen molar-refractivity contribution >= 4 is 23.4 Å². The van der Waals surface area contributed by atoms with Gasteiger partial charge in [-0.3, -0.25) is 0 Å². The molecule has 1 N–H and O–H groups in total. The molecule has 0 radical (unpaired) electrons. The molecule has 104 valence electrons. The summed E-state index contributed by atoms with van der Waals surface area (Å²) in [5, 5.41) is 4.71. The number of benzene rings is 1. The number of carbonyl (C=O) groups excluding carboxylic acids is 1. The molecule has 0 bridgehead atoms. The van der Waals surface area contributed by atoms with Gasteiger partial charge in [0.2, 0.25) is 0 Å². The molecule has 5 heteroatoms. The number of nitrogens with one attached hydrogen (secondary N) is 1. The molecule has 0 atom stereocenters. The van der Waals surface area contributed by atoms with Gasteiger partial charge in [-0.2, -0.15) is 5.10 Å². The van der Waals surface area contributed by atoms with Crippen molar-refractivity contribution in [1.29, 1.82) is 0 Å². The molecule has 0 unspecified atom stereocenters. The van der Waals surface area contributed by atoms with Crippen molar-refractivity contribution in [2.45, 2.75) is 39.7 Å². The average molecular weight is 283 g/mol. The highest BCUT2D eigenvalue weighted by molar-refractivity contribution is 6.31. The van der Waals surface area contributed by atoms with Crippen molar-refractivity contribution in [2.75, 3.05) is 0 Å². The third kappa shape index (κ3) is 5.75. The van der Waals surface area contributed by atoms with E-state index in [0.29, 0.717) is 11.4 Å². The zero-order chi connectivity index (χ0) is 14.5. The molecule has 19 heavy (non-hydrogen) atoms. The van der Waals surface area contributed by atoms with Crippen LogP contribution in [0, 0.1) is 0 Å². The molecule has 0 heterocycles. The summed E-state index contributed by atoms with van der Waals surface area (Å²) in [4.78, 5) is 11.5. The van der Waals surface area contributed by atoms with Crippen LogP contribution in [0.25, 0.3) is 0 Å². The first-order chi connectivity index (χ1) is 8.81. The predicted octanol–water partition coefficient (Wildman–Crippen LogP) is 3.98. The van der Waals surface area contributed by atoms with Gasteiger partial charge in [-0.25, -0.2) is 10.2 Å². The molecule has 0 spiro atoms. The summed E-state index contributed by atoms with van der Waals surface area (Å²) in [7, 11) is 0. The minimum absolute atomic E-state index is 0.540. The van der Waals surface area contributed by atoms with Gasteiger partial charge >= 0.3 is 6.09 Å². The quantitative estimate of drug-likeness (QED) is 0.673. The fourth-order valence-electron chi connectivity index (χ4n) is 1.43. The molecule has 0 aromatic heterocycles. The van der Waals surface area contributed by atoms with Crippen LogP contribution in [0.15, 0.2) is 29.4 Å². The highest BCUT2D eigenvalue weighted by Gasteiger charge is 2.15. The maximum Gasteiger partial charge on any atom is 0.428 e. The topological polar surface area (TPSA) is 50.7 Å². The zero-order valence-electron chi connectivity index (χ0n) is 11.7. The summed E-state index contributed by atoms with van der Waals surface area (Å²) in [6.45, 7) is 7.35. The second-order valence-corrected chi connectivity index (χ2v) is 5.47. The summed E-state index contributed by atoms with van der Waals surface area (Å²) < 4.78 is 5.11. The smallest absolute Gasteiger partial charge is 0.428 e. The Bertz CT molecular complexity index is 479. The first kappa shape index (κ1) is 15.5. The standard InChI is InChI=1S/C14H19ClN2O2/c1-5-12(10-7-6-8-11(15)9-10)16-17-13(18)19-14(2,3)4/h6-9H,5H2,1-4H3,(H,17,18). The van der Waals surface area contributed by atoms with E-state index in [2.05, 4.69) is 10.5 Å². The number of hydrazone groups is 1. The molecular formula is C14H19ClN2O2. The lowest BCUT2D eigenvalue weighted by Gasteiger charge is -2.18. The first-order valence-corrected chi connectivity index (χ1v) is 6.51. The summed E-state index contributed by atoms with van der Waals surface area (Å²) in [6, 6.07) is 7.33. The van der Waals surface area contributed by atoms with E-state index >= 15 is 0 Å². The molecule has 0 aliphatic carbocycles. The van der Waals surface area contributed by atoms with Gasteiger partial charge in [0.1, 0.15) is 5.60 Å². The monoisotopic (exact) mass is 282 g/mol. The van der Waals surface area contributed by atoms with E-state index in [0.717, 1.165) is 11.3 Å². The summed E-state index contributed by atoms with van der Waals surface area (Å²) in [5.41, 5.74) is 3.48. The van der Waals surface area contributed by atoms with Gasteiger partial charge < -0.3 is 4.74 Å². The Morgan fingerprint density at radius 3 is 2.63 bits per heavy atom. The van der Waals surface area contributed by atoms with Gasteiger partial charge in [-0.05, 0) is 44.9 Å². The Morgan fingerprint density at radius 1 is 1.42 bits per heavy atom. The minimum Gasteiger partial charge on any atom is -0.443 e. The Labute approximate surface area is 118 Å². The van der Waals surface area contributed by atoms with Crippen LogP contribution in [0.2, 0.25) is 5.02 Å². The van der Waals surface area contributed by atoms with Crippen molar-refractivity contribution in [1.82, 2.24) is 5.43 Å². The van der Waals surface area contributed by atoms with E-state index in [-0.39, 0.29) is 0 Å². The van der Waals surface area contributed by atoms with E-state index in [9.17, 15) is 4.79 Å². The van der Waals surface area contributed by atoms with E-state index in [1.165, 1.54) is 0 Å². The number of amides is 1. The molecule has 1 amide bonds. The molecule has 0 aliphatic rings. The highest BCUT2D eigenvalue weighted by Crippen LogP contribution is 2.13. The molecule has 1 aromatic rings. The van der Waals surface area contributed by atoms with Crippen LogP contribution in [0.1, 0.15) is 39.7 Å². The molecule has 0 saturated heterocycles. The van der Waals surface area contributed by atoms with E-state index in [4.69, 9.17) is 16.3 Å². The van der Waals surface area contributed by atoms with Crippen molar-refractivity contribution in [3.05, 3.63) is 34.9 Å². The van der Waals surface area contributed by atoms with E-state index < -0.39 is 11.7 Å². The highest BCUT2D eigenvalue weighted by atomic mass is 35.5. The third-order valence-corrected chi connectivity index (χ3v) is 2.41. The summed E-state index contributed by atoms with van der Waals surface area (Å²) in [5.74, 6) is 0. The van der Waals surface area contributed by atoms with Crippen LogP contribution in [-0.2, 0) is 4.74 Å². The normalized spacial score (nSPS) is 12.2. The van der Waals surface area contributed by atoms with E-state index in [1.54, 1.807) is 32.9 Å². The van der Waals surface area contributed by atoms with Gasteiger partial charge in [-0.1, -0.05) is 30.7 Å². The van der Waals surface area contributed by atoms with Gasteiger partial charge in [0, 0.05) is 5.02 Å². The fourth-order valence-corrected chi connectivity index (χ4v) is 1.62. The summed E-state index contributed by atoms with van der Waals surface area (Å²) >= 11 is 5.93.